The molecule has 0 fully saturated rings. The first kappa shape index (κ1) is 16.4. The Labute approximate surface area is 154 Å². The molecule has 3 aromatic rings. The molecule has 0 saturated carbocycles. The third kappa shape index (κ3) is 3.65. The fraction of sp³-hybridized carbons (Fsp3) is 0.273. The first-order chi connectivity index (χ1) is 12.3. The number of fused-ring (bicyclic) bond motifs is 1. The average Bonchev–Trinajstić information content (AvgIpc) is 3.16. The largest absolute Gasteiger partial charge is 0.360 e. The molecule has 1 aromatic heterocycles. The molecule has 0 amide bonds. The number of rotatable bonds is 5. The van der Waals surface area contributed by atoms with Gasteiger partial charge in [0.15, 0.2) is 0 Å². The van der Waals surface area contributed by atoms with Gasteiger partial charge in [0, 0.05) is 24.7 Å². The lowest BCUT2D eigenvalue weighted by molar-refractivity contribution is 0.298. The van der Waals surface area contributed by atoms with Gasteiger partial charge in [0.1, 0.15) is 0 Å². The van der Waals surface area contributed by atoms with Crippen molar-refractivity contribution in [2.45, 2.75) is 19.3 Å². The van der Waals surface area contributed by atoms with Gasteiger partial charge in [-0.3, -0.25) is 4.90 Å². The van der Waals surface area contributed by atoms with Gasteiger partial charge in [0.25, 0.3) is 0 Å². The summed E-state index contributed by atoms with van der Waals surface area (Å²) in [6.45, 7) is 3.36. The molecule has 1 aliphatic rings. The van der Waals surface area contributed by atoms with E-state index in [1.54, 1.807) is 0 Å². The highest BCUT2D eigenvalue weighted by Crippen LogP contribution is 2.26. The topological polar surface area (TPSA) is 19.0 Å². The summed E-state index contributed by atoms with van der Waals surface area (Å²) in [4.78, 5) is 5.79. The van der Waals surface area contributed by atoms with E-state index in [4.69, 9.17) is 11.6 Å². The van der Waals surface area contributed by atoms with E-state index >= 15 is 0 Å². The number of nitrogens with zero attached hydrogens (tertiary/aromatic N) is 1. The van der Waals surface area contributed by atoms with Crippen LogP contribution in [-0.4, -0.2) is 29.5 Å². The molecule has 0 aliphatic carbocycles. The first-order valence-electron chi connectivity index (χ1n) is 9.02. The van der Waals surface area contributed by atoms with Crippen LogP contribution in [0.5, 0.6) is 0 Å². The van der Waals surface area contributed by atoms with Crippen LogP contribution in [0.2, 0.25) is 5.02 Å². The van der Waals surface area contributed by atoms with Crippen molar-refractivity contribution in [3.63, 3.8) is 0 Å². The third-order valence-electron chi connectivity index (χ3n) is 5.12. The molecule has 0 spiro atoms. The van der Waals surface area contributed by atoms with Crippen molar-refractivity contribution in [2.24, 2.45) is 0 Å². The van der Waals surface area contributed by atoms with Crippen molar-refractivity contribution in [1.82, 2.24) is 9.88 Å². The van der Waals surface area contributed by atoms with Gasteiger partial charge < -0.3 is 4.98 Å². The van der Waals surface area contributed by atoms with Gasteiger partial charge in [0.2, 0.25) is 0 Å². The zero-order chi connectivity index (χ0) is 17.1. The van der Waals surface area contributed by atoms with Crippen molar-refractivity contribution >= 4 is 28.1 Å². The summed E-state index contributed by atoms with van der Waals surface area (Å²) < 4.78 is 0. The summed E-state index contributed by atoms with van der Waals surface area (Å²) in [5.74, 6) is 0. The molecule has 2 nitrogen and oxygen atoms in total. The van der Waals surface area contributed by atoms with Crippen molar-refractivity contribution in [3.8, 4) is 0 Å². The zero-order valence-electron chi connectivity index (χ0n) is 14.3. The minimum Gasteiger partial charge on any atom is -0.360 e. The van der Waals surface area contributed by atoms with Gasteiger partial charge in [-0.2, -0.15) is 0 Å². The van der Waals surface area contributed by atoms with Gasteiger partial charge in [-0.05, 0) is 54.6 Å². The smallest absolute Gasteiger partial charge is 0.0647 e. The number of aromatic nitrogens is 1. The molecular weight excluding hydrogens is 328 g/mol. The molecule has 0 saturated heterocycles. The zero-order valence-corrected chi connectivity index (χ0v) is 15.1. The number of benzene rings is 2. The van der Waals surface area contributed by atoms with Crippen LogP contribution in [0.4, 0.5) is 0 Å². The quantitative estimate of drug-likeness (QED) is 0.639. The Morgan fingerprint density at radius 2 is 1.92 bits per heavy atom. The summed E-state index contributed by atoms with van der Waals surface area (Å²) in [5.41, 5.74) is 5.31. The van der Waals surface area contributed by atoms with E-state index in [0.29, 0.717) is 0 Å². The maximum atomic E-state index is 6.24. The maximum absolute atomic E-state index is 6.24. The van der Waals surface area contributed by atoms with E-state index in [1.165, 1.54) is 28.5 Å². The molecule has 1 aliphatic heterocycles. The fourth-order valence-corrected chi connectivity index (χ4v) is 3.94. The Kier molecular flexibility index (Phi) is 4.91. The lowest BCUT2D eigenvalue weighted by atomic mass is 9.99. The second-order valence-electron chi connectivity index (χ2n) is 6.72. The molecule has 128 valence electrons. The standard InChI is InChI=1S/C22H23ClN2/c23-21-9-8-19(20-10-13-24-22(20)21)7-4-14-25-15-11-18(12-16-25)17-5-2-1-3-6-17/h1-3,5-6,8-11,13,24H,4,7,12,14-16H2. The van der Waals surface area contributed by atoms with E-state index in [1.807, 2.05) is 12.3 Å². The van der Waals surface area contributed by atoms with Crippen LogP contribution in [0.25, 0.3) is 16.5 Å². The number of hydrogen-bond donors (Lipinski definition) is 1. The van der Waals surface area contributed by atoms with Crippen LogP contribution in [0, 0.1) is 0 Å². The second-order valence-corrected chi connectivity index (χ2v) is 7.13. The number of H-pyrrole nitrogens is 1. The monoisotopic (exact) mass is 350 g/mol. The van der Waals surface area contributed by atoms with E-state index in [0.717, 1.165) is 43.0 Å². The molecule has 2 heterocycles. The molecule has 0 bridgehead atoms. The number of hydrogen-bond acceptors (Lipinski definition) is 1. The van der Waals surface area contributed by atoms with Crippen molar-refractivity contribution in [2.75, 3.05) is 19.6 Å². The Balaban J connectivity index is 1.33. The van der Waals surface area contributed by atoms with Gasteiger partial charge in [-0.15, -0.1) is 0 Å². The highest BCUT2D eigenvalue weighted by atomic mass is 35.5. The second kappa shape index (κ2) is 7.47. The van der Waals surface area contributed by atoms with Crippen LogP contribution in [0.1, 0.15) is 24.0 Å². The third-order valence-corrected chi connectivity index (χ3v) is 5.44. The number of aromatic amines is 1. The summed E-state index contributed by atoms with van der Waals surface area (Å²) in [7, 11) is 0. The van der Waals surface area contributed by atoms with Crippen molar-refractivity contribution in [3.05, 3.63) is 77.0 Å². The van der Waals surface area contributed by atoms with E-state index < -0.39 is 0 Å². The highest BCUT2D eigenvalue weighted by molar-refractivity contribution is 6.35. The highest BCUT2D eigenvalue weighted by Gasteiger charge is 2.13. The minimum atomic E-state index is 0.804. The van der Waals surface area contributed by atoms with Crippen molar-refractivity contribution in [1.29, 1.82) is 0 Å². The molecule has 0 atom stereocenters. The maximum Gasteiger partial charge on any atom is 0.0647 e. The molecule has 0 radical (unpaired) electrons. The molecule has 0 unspecified atom stereocenters. The van der Waals surface area contributed by atoms with Crippen LogP contribution in [0.15, 0.2) is 60.8 Å². The van der Waals surface area contributed by atoms with Crippen LogP contribution >= 0.6 is 11.6 Å². The molecule has 2 aromatic carbocycles. The molecule has 4 rings (SSSR count). The average molecular weight is 351 g/mol. The fourth-order valence-electron chi connectivity index (χ4n) is 3.72. The predicted octanol–water partition coefficient (Wildman–Crippen LogP) is 5.54. The minimum absolute atomic E-state index is 0.804. The van der Waals surface area contributed by atoms with Gasteiger partial charge in [0.05, 0.1) is 10.5 Å². The summed E-state index contributed by atoms with van der Waals surface area (Å²) in [6.07, 6.45) is 7.78. The van der Waals surface area contributed by atoms with E-state index in [2.05, 4.69) is 58.4 Å². The van der Waals surface area contributed by atoms with Crippen LogP contribution in [0.3, 0.4) is 0 Å². The Morgan fingerprint density at radius 1 is 1.04 bits per heavy atom. The molecule has 3 heteroatoms. The number of aryl methyl sites for hydroxylation is 1. The van der Waals surface area contributed by atoms with Gasteiger partial charge in [-0.1, -0.05) is 54.1 Å². The first-order valence-corrected chi connectivity index (χ1v) is 9.40. The Hall–Kier alpha value is -2.03. The van der Waals surface area contributed by atoms with Gasteiger partial charge in [-0.25, -0.2) is 0 Å². The summed E-state index contributed by atoms with van der Waals surface area (Å²) >= 11 is 6.24. The number of nitrogens with one attached hydrogen (secondary N) is 1. The normalized spacial score (nSPS) is 15.5. The lowest BCUT2D eigenvalue weighted by Crippen LogP contribution is -2.29. The summed E-state index contributed by atoms with van der Waals surface area (Å²) in [6, 6.07) is 17.1. The Bertz CT molecular complexity index is 879. The number of halogens is 1. The lowest BCUT2D eigenvalue weighted by Gasteiger charge is -2.26. The van der Waals surface area contributed by atoms with Crippen LogP contribution in [-0.2, 0) is 6.42 Å². The Morgan fingerprint density at radius 3 is 2.72 bits per heavy atom. The molecule has 25 heavy (non-hydrogen) atoms. The molecule has 1 N–H and O–H groups in total. The van der Waals surface area contributed by atoms with Crippen LogP contribution < -0.4 is 0 Å². The molecular formula is C22H23ClN2. The van der Waals surface area contributed by atoms with Crippen molar-refractivity contribution < 1.29 is 0 Å². The van der Waals surface area contributed by atoms with E-state index in [9.17, 15) is 0 Å². The summed E-state index contributed by atoms with van der Waals surface area (Å²) in [5, 5.41) is 2.07. The van der Waals surface area contributed by atoms with E-state index in [-0.39, 0.29) is 0 Å². The predicted molar refractivity (Wildman–Crippen MR) is 107 cm³/mol. The van der Waals surface area contributed by atoms with Gasteiger partial charge >= 0.3 is 0 Å². The SMILES string of the molecule is Clc1ccc(CCCN2CC=C(c3ccccc3)CC2)c2cc[nH]c12.